The molecule has 4 N–H and O–H groups in total. The Labute approximate surface area is 169 Å². The molecule has 1 aliphatic heterocycles. The number of carbonyl (C=O) groups excluding carboxylic acids is 1. The summed E-state index contributed by atoms with van der Waals surface area (Å²) in [5.41, 5.74) is 7.01. The lowest BCUT2D eigenvalue weighted by Gasteiger charge is -2.34. The first-order valence-corrected chi connectivity index (χ1v) is 9.49. The van der Waals surface area contributed by atoms with Crippen LogP contribution in [0.15, 0.2) is 48.9 Å². The summed E-state index contributed by atoms with van der Waals surface area (Å²) in [6, 6.07) is 9.73. The molecule has 0 radical (unpaired) electrons. The normalized spacial score (nSPS) is 15.2. The Morgan fingerprint density at radius 1 is 1.29 bits per heavy atom. The Bertz CT molecular complexity index is 836. The average Bonchev–Trinajstić information content (AvgIpc) is 2.74. The van der Waals surface area contributed by atoms with Gasteiger partial charge in [0.15, 0.2) is 5.82 Å². The SMILES string of the molecule is CN(C(=S)/[NH+]=C(\N)c1ccccc1)C1CCN(C(=O)Nc2cnccn2)CC1. The minimum atomic E-state index is -0.163. The number of nitrogen functional groups attached to an aromatic ring is 1. The van der Waals surface area contributed by atoms with Crippen molar-refractivity contribution in [3.05, 3.63) is 54.5 Å². The summed E-state index contributed by atoms with van der Waals surface area (Å²) in [6.07, 6.45) is 6.27. The fraction of sp³-hybridized carbons (Fsp3) is 0.316. The molecule has 1 fully saturated rings. The van der Waals surface area contributed by atoms with Crippen LogP contribution in [0.4, 0.5) is 10.6 Å². The number of aromatic nitrogens is 2. The lowest BCUT2D eigenvalue weighted by molar-refractivity contribution is -0.327. The van der Waals surface area contributed by atoms with Crippen molar-refractivity contribution in [1.82, 2.24) is 19.8 Å². The average molecular weight is 399 g/mol. The van der Waals surface area contributed by atoms with E-state index in [1.165, 1.54) is 6.20 Å². The number of benzene rings is 1. The lowest BCUT2D eigenvalue weighted by Crippen LogP contribution is -2.83. The second kappa shape index (κ2) is 9.23. The molecule has 1 aromatic heterocycles. The molecular weight excluding hydrogens is 374 g/mol. The van der Waals surface area contributed by atoms with Crippen molar-refractivity contribution in [3.63, 3.8) is 0 Å². The molecule has 3 rings (SSSR count). The molecule has 2 amide bonds. The number of likely N-dealkylation sites (tertiary alicyclic amines) is 1. The summed E-state index contributed by atoms with van der Waals surface area (Å²) < 4.78 is 0. The van der Waals surface area contributed by atoms with Gasteiger partial charge in [0, 0.05) is 31.0 Å². The Morgan fingerprint density at radius 3 is 2.64 bits per heavy atom. The van der Waals surface area contributed by atoms with Crippen LogP contribution in [0, 0.1) is 0 Å². The van der Waals surface area contributed by atoms with Gasteiger partial charge in [0.05, 0.1) is 19.3 Å². The maximum Gasteiger partial charge on any atom is 0.323 e. The molecule has 1 saturated heterocycles. The molecule has 8 nitrogen and oxygen atoms in total. The predicted molar refractivity (Wildman–Crippen MR) is 112 cm³/mol. The van der Waals surface area contributed by atoms with Gasteiger partial charge in [-0.15, -0.1) is 0 Å². The summed E-state index contributed by atoms with van der Waals surface area (Å²) in [4.78, 5) is 27.3. The van der Waals surface area contributed by atoms with Gasteiger partial charge in [0.25, 0.3) is 5.11 Å². The molecule has 0 spiro atoms. The van der Waals surface area contributed by atoms with E-state index in [2.05, 4.69) is 20.3 Å². The molecule has 0 bridgehead atoms. The van der Waals surface area contributed by atoms with E-state index in [-0.39, 0.29) is 12.1 Å². The maximum absolute atomic E-state index is 12.4. The number of carbonyl (C=O) groups is 1. The van der Waals surface area contributed by atoms with Gasteiger partial charge in [-0.2, -0.15) is 0 Å². The van der Waals surface area contributed by atoms with Crippen LogP contribution in [0.3, 0.4) is 0 Å². The smallest absolute Gasteiger partial charge is 0.323 e. The number of amidine groups is 1. The highest BCUT2D eigenvalue weighted by atomic mass is 32.1. The highest BCUT2D eigenvalue weighted by Gasteiger charge is 2.29. The molecule has 28 heavy (non-hydrogen) atoms. The number of hydrogen-bond donors (Lipinski definition) is 3. The van der Waals surface area contributed by atoms with Gasteiger partial charge < -0.3 is 10.6 Å². The number of nitrogens with two attached hydrogens (primary N) is 1. The van der Waals surface area contributed by atoms with Crippen molar-refractivity contribution in [2.45, 2.75) is 18.9 Å². The van der Waals surface area contributed by atoms with E-state index < -0.39 is 0 Å². The number of urea groups is 1. The summed E-state index contributed by atoms with van der Waals surface area (Å²) in [5.74, 6) is 0.974. The number of nitrogens with one attached hydrogen (secondary N) is 2. The van der Waals surface area contributed by atoms with Gasteiger partial charge in [0.1, 0.15) is 0 Å². The minimum Gasteiger partial charge on any atom is -0.324 e. The third kappa shape index (κ3) is 5.01. The van der Waals surface area contributed by atoms with Gasteiger partial charge >= 0.3 is 6.03 Å². The van der Waals surface area contributed by atoms with E-state index in [4.69, 9.17) is 18.0 Å². The molecule has 0 atom stereocenters. The molecule has 0 unspecified atom stereocenters. The zero-order valence-corrected chi connectivity index (χ0v) is 16.5. The quantitative estimate of drug-likeness (QED) is 0.387. The number of rotatable bonds is 3. The zero-order valence-electron chi connectivity index (χ0n) is 15.7. The number of nitrogens with zero attached hydrogens (tertiary/aromatic N) is 4. The standard InChI is InChI=1S/C19H23N7OS/c1-25(19(28)24-17(20)14-5-3-2-4-6-14)15-7-11-26(12-8-15)18(27)23-16-13-21-9-10-22-16/h2-6,9-10,13,15H,7-8,11-12H2,1H3,(H2,20,24,28)(H,22,23,27)/p+1. The van der Waals surface area contributed by atoms with E-state index in [1.807, 2.05) is 42.3 Å². The van der Waals surface area contributed by atoms with Crippen molar-refractivity contribution < 1.29 is 9.79 Å². The zero-order chi connectivity index (χ0) is 19.9. The fourth-order valence-corrected chi connectivity index (χ4v) is 3.33. The third-order valence-corrected chi connectivity index (χ3v) is 5.13. The molecular formula is C19H24N7OS+. The van der Waals surface area contributed by atoms with Gasteiger partial charge in [-0.05, 0) is 37.2 Å². The Balaban J connectivity index is 1.52. The molecule has 0 aliphatic carbocycles. The predicted octanol–water partition coefficient (Wildman–Crippen LogP) is 0.176. The van der Waals surface area contributed by atoms with Crippen molar-refractivity contribution >= 4 is 35.0 Å². The first-order valence-electron chi connectivity index (χ1n) is 9.08. The summed E-state index contributed by atoms with van der Waals surface area (Å²) in [6.45, 7) is 1.28. The Morgan fingerprint density at radius 2 is 2.00 bits per heavy atom. The van der Waals surface area contributed by atoms with Gasteiger partial charge in [0.2, 0.25) is 5.84 Å². The van der Waals surface area contributed by atoms with E-state index in [0.29, 0.717) is 29.9 Å². The highest BCUT2D eigenvalue weighted by Crippen LogP contribution is 2.16. The number of thiocarbonyl (C=S) groups is 1. The molecule has 0 saturated carbocycles. The summed E-state index contributed by atoms with van der Waals surface area (Å²) >= 11 is 5.51. The van der Waals surface area contributed by atoms with Crippen LogP contribution in [-0.2, 0) is 0 Å². The second-order valence-corrected chi connectivity index (χ2v) is 6.95. The summed E-state index contributed by atoms with van der Waals surface area (Å²) in [5, 5.41) is 3.34. The van der Waals surface area contributed by atoms with Crippen molar-refractivity contribution in [2.75, 3.05) is 25.5 Å². The highest BCUT2D eigenvalue weighted by molar-refractivity contribution is 7.79. The van der Waals surface area contributed by atoms with Crippen molar-refractivity contribution in [3.8, 4) is 0 Å². The fourth-order valence-electron chi connectivity index (χ4n) is 3.07. The van der Waals surface area contributed by atoms with Crippen LogP contribution in [0.5, 0.6) is 0 Å². The molecule has 9 heteroatoms. The Kier molecular flexibility index (Phi) is 6.49. The lowest BCUT2D eigenvalue weighted by atomic mass is 10.0. The number of anilines is 1. The van der Waals surface area contributed by atoms with Crippen LogP contribution < -0.4 is 16.0 Å². The van der Waals surface area contributed by atoms with Gasteiger partial charge in [-0.1, -0.05) is 18.2 Å². The number of hydrogen-bond acceptors (Lipinski definition) is 4. The van der Waals surface area contributed by atoms with E-state index >= 15 is 0 Å². The molecule has 1 aliphatic rings. The molecule has 2 aromatic rings. The number of amides is 2. The second-order valence-electron chi connectivity index (χ2n) is 6.56. The van der Waals surface area contributed by atoms with Crippen LogP contribution >= 0.6 is 12.2 Å². The molecule has 146 valence electrons. The topological polar surface area (TPSA) is 101 Å². The maximum atomic E-state index is 12.4. The van der Waals surface area contributed by atoms with E-state index in [9.17, 15) is 4.79 Å². The van der Waals surface area contributed by atoms with Crippen LogP contribution in [0.25, 0.3) is 0 Å². The van der Waals surface area contributed by atoms with Gasteiger partial charge in [-0.25, -0.2) is 14.8 Å². The largest absolute Gasteiger partial charge is 0.324 e. The monoisotopic (exact) mass is 398 g/mol. The van der Waals surface area contributed by atoms with Crippen LogP contribution in [-0.4, -0.2) is 62.9 Å². The van der Waals surface area contributed by atoms with Crippen LogP contribution in [0.2, 0.25) is 0 Å². The third-order valence-electron chi connectivity index (χ3n) is 4.74. The van der Waals surface area contributed by atoms with Crippen molar-refractivity contribution in [1.29, 1.82) is 0 Å². The number of piperidine rings is 1. The molecule has 1 aromatic carbocycles. The van der Waals surface area contributed by atoms with E-state index in [1.54, 1.807) is 17.3 Å². The molecule has 2 heterocycles. The van der Waals surface area contributed by atoms with E-state index in [0.717, 1.165) is 18.4 Å². The minimum absolute atomic E-state index is 0.163. The Hall–Kier alpha value is -3.07. The first kappa shape index (κ1) is 19.7. The van der Waals surface area contributed by atoms with Gasteiger partial charge in [-0.3, -0.25) is 15.2 Å². The van der Waals surface area contributed by atoms with Crippen molar-refractivity contribution in [2.24, 2.45) is 5.73 Å². The van der Waals surface area contributed by atoms with Crippen LogP contribution in [0.1, 0.15) is 18.4 Å². The summed E-state index contributed by atoms with van der Waals surface area (Å²) in [7, 11) is 1.95. The first-order chi connectivity index (χ1) is 13.5.